The van der Waals surface area contributed by atoms with Crippen molar-refractivity contribution in [3.05, 3.63) is 94.4 Å². The second-order valence-electron chi connectivity index (χ2n) is 9.17. The Labute approximate surface area is 233 Å². The maximum Gasteiger partial charge on any atom is 0.286 e. The highest BCUT2D eigenvalue weighted by Crippen LogP contribution is 2.44. The van der Waals surface area contributed by atoms with Gasteiger partial charge in [-0.1, -0.05) is 29.8 Å². The van der Waals surface area contributed by atoms with Crippen LogP contribution >= 0.6 is 23.4 Å². The number of rotatable bonds is 5. The molecule has 1 unspecified atom stereocenters. The van der Waals surface area contributed by atoms with Crippen LogP contribution in [-0.4, -0.2) is 43.4 Å². The van der Waals surface area contributed by atoms with Crippen molar-refractivity contribution in [1.82, 2.24) is 19.9 Å². The number of hydrogen-bond acceptors (Lipinski definition) is 8. The summed E-state index contributed by atoms with van der Waals surface area (Å²) < 4.78 is 0. The fourth-order valence-corrected chi connectivity index (χ4v) is 6.22. The minimum atomic E-state index is -1.19. The first-order chi connectivity index (χ1) is 18.9. The fourth-order valence-electron chi connectivity index (χ4n) is 5.02. The van der Waals surface area contributed by atoms with Crippen LogP contribution in [0.5, 0.6) is 0 Å². The van der Waals surface area contributed by atoms with Crippen molar-refractivity contribution in [1.29, 1.82) is 0 Å². The van der Waals surface area contributed by atoms with Crippen LogP contribution in [0.2, 0.25) is 5.02 Å². The number of aromatic nitrogens is 3. The Hall–Kier alpha value is -4.28. The van der Waals surface area contributed by atoms with Gasteiger partial charge in [0.15, 0.2) is 5.17 Å². The number of primary amides is 1. The van der Waals surface area contributed by atoms with E-state index in [2.05, 4.69) is 25.3 Å². The van der Waals surface area contributed by atoms with Gasteiger partial charge in [-0.2, -0.15) is 4.99 Å². The van der Waals surface area contributed by atoms with Gasteiger partial charge in [0.2, 0.25) is 5.91 Å². The zero-order valence-electron chi connectivity index (χ0n) is 20.5. The van der Waals surface area contributed by atoms with Gasteiger partial charge >= 0.3 is 0 Å². The summed E-state index contributed by atoms with van der Waals surface area (Å²) >= 11 is 7.40. The number of benzene rings is 2. The first kappa shape index (κ1) is 25.0. The summed E-state index contributed by atoms with van der Waals surface area (Å²) in [4.78, 5) is 45.6. The van der Waals surface area contributed by atoms with E-state index in [0.29, 0.717) is 51.4 Å². The van der Waals surface area contributed by atoms with E-state index in [4.69, 9.17) is 17.3 Å². The van der Waals surface area contributed by atoms with E-state index in [1.807, 2.05) is 41.3 Å². The molecule has 11 heteroatoms. The molecule has 0 saturated carbocycles. The number of pyridine rings is 1. The van der Waals surface area contributed by atoms with E-state index in [-0.39, 0.29) is 5.91 Å². The molecule has 0 aliphatic carbocycles. The van der Waals surface area contributed by atoms with Gasteiger partial charge in [-0.05, 0) is 78.2 Å². The molecule has 1 saturated heterocycles. The second kappa shape index (κ2) is 10.1. The predicted molar refractivity (Wildman–Crippen MR) is 153 cm³/mol. The molecule has 2 aliphatic heterocycles. The van der Waals surface area contributed by atoms with Gasteiger partial charge in [0, 0.05) is 35.0 Å². The molecule has 0 radical (unpaired) electrons. The Morgan fingerprint density at radius 2 is 2.05 bits per heavy atom. The van der Waals surface area contributed by atoms with Gasteiger partial charge in [-0.15, -0.1) is 0 Å². The monoisotopic (exact) mass is 555 g/mol. The van der Waals surface area contributed by atoms with Crippen LogP contribution in [0, 0.1) is 0 Å². The smallest absolute Gasteiger partial charge is 0.286 e. The van der Waals surface area contributed by atoms with E-state index >= 15 is 0 Å². The summed E-state index contributed by atoms with van der Waals surface area (Å²) in [5.41, 5.74) is 7.88. The van der Waals surface area contributed by atoms with Gasteiger partial charge in [-0.3, -0.25) is 14.6 Å². The van der Waals surface area contributed by atoms with E-state index < -0.39 is 11.4 Å². The number of carbonyl (C=O) groups is 2. The third kappa shape index (κ3) is 4.62. The maximum atomic E-state index is 13.2. The Balaban J connectivity index is 1.39. The normalized spacial score (nSPS) is 20.0. The highest BCUT2D eigenvalue weighted by atomic mass is 35.5. The topological polar surface area (TPSA) is 126 Å². The van der Waals surface area contributed by atoms with Gasteiger partial charge in [0.05, 0.1) is 10.4 Å². The molecule has 1 fully saturated rings. The third-order valence-corrected chi connectivity index (χ3v) is 8.05. The second-order valence-corrected chi connectivity index (χ2v) is 10.6. The standard InChI is InChI=1S/C28H22ClN7O2S/c29-19-5-1-6-20(14-19)34-24-21-13-18(7-8-22(21)32-16-33-24)28(26(30)38)9-3-11-36(28)27-35-25(37)23(39-27)12-17-4-2-10-31-15-17/h1-2,4-8,10,12-16H,3,9,11H2,(H2,30,38)(H,32,33,34). The third-order valence-electron chi connectivity index (χ3n) is 6.81. The molecule has 0 spiro atoms. The van der Waals surface area contributed by atoms with Crippen LogP contribution < -0.4 is 11.1 Å². The molecular formula is C28H22ClN7O2S. The molecule has 2 aromatic heterocycles. The molecule has 4 aromatic rings. The summed E-state index contributed by atoms with van der Waals surface area (Å²) in [6, 6.07) is 16.6. The molecule has 194 valence electrons. The number of hydrogen-bond donors (Lipinski definition) is 2. The molecule has 2 aliphatic rings. The van der Waals surface area contributed by atoms with E-state index in [1.165, 1.54) is 18.1 Å². The number of aliphatic imine (C=N–C) groups is 1. The molecule has 3 N–H and O–H groups in total. The number of fused-ring (bicyclic) bond motifs is 1. The molecule has 2 aromatic carbocycles. The molecule has 4 heterocycles. The lowest BCUT2D eigenvalue weighted by Crippen LogP contribution is -2.52. The lowest BCUT2D eigenvalue weighted by Gasteiger charge is -2.37. The molecule has 39 heavy (non-hydrogen) atoms. The summed E-state index contributed by atoms with van der Waals surface area (Å²) in [5, 5.41) is 5.06. The summed E-state index contributed by atoms with van der Waals surface area (Å²) in [6.45, 7) is 0.527. The number of halogens is 1. The highest BCUT2D eigenvalue weighted by molar-refractivity contribution is 8.18. The number of nitrogens with two attached hydrogens (primary N) is 1. The van der Waals surface area contributed by atoms with Crippen molar-refractivity contribution in [3.8, 4) is 0 Å². The first-order valence-corrected chi connectivity index (χ1v) is 13.4. The number of thioether (sulfide) groups is 1. The van der Waals surface area contributed by atoms with E-state index in [9.17, 15) is 9.59 Å². The molecule has 2 amide bonds. The number of carbonyl (C=O) groups excluding carboxylic acids is 2. The fraction of sp³-hybridized carbons (Fsp3) is 0.143. The Morgan fingerprint density at radius 3 is 2.85 bits per heavy atom. The Kier molecular flexibility index (Phi) is 6.49. The van der Waals surface area contributed by atoms with Gasteiger partial charge in [-0.25, -0.2) is 9.97 Å². The summed E-state index contributed by atoms with van der Waals surface area (Å²) in [5.74, 6) is -0.303. The Morgan fingerprint density at radius 1 is 1.15 bits per heavy atom. The minimum Gasteiger partial charge on any atom is -0.367 e. The molecule has 9 nitrogen and oxygen atoms in total. The summed E-state index contributed by atoms with van der Waals surface area (Å²) in [7, 11) is 0. The van der Waals surface area contributed by atoms with Crippen LogP contribution in [0.25, 0.3) is 17.0 Å². The van der Waals surface area contributed by atoms with Gasteiger partial charge in [0.25, 0.3) is 5.91 Å². The van der Waals surface area contributed by atoms with Crippen LogP contribution in [0.1, 0.15) is 24.0 Å². The maximum absolute atomic E-state index is 13.2. The van der Waals surface area contributed by atoms with E-state index in [0.717, 1.165) is 16.6 Å². The number of anilines is 2. The van der Waals surface area contributed by atoms with E-state index in [1.54, 1.807) is 36.7 Å². The SMILES string of the molecule is NC(=O)C1(c2ccc3ncnc(Nc4cccc(Cl)c4)c3c2)CCCN1C1=NC(=O)C(=Cc2cccnc2)S1. The van der Waals surface area contributed by atoms with Crippen molar-refractivity contribution in [2.45, 2.75) is 18.4 Å². The van der Waals surface area contributed by atoms with Crippen molar-refractivity contribution in [2.75, 3.05) is 11.9 Å². The molecule has 0 bridgehead atoms. The first-order valence-electron chi connectivity index (χ1n) is 12.2. The number of amidine groups is 1. The van der Waals surface area contributed by atoms with Crippen LogP contribution in [0.15, 0.2) is 83.2 Å². The van der Waals surface area contributed by atoms with Gasteiger partial charge in [0.1, 0.15) is 17.7 Å². The van der Waals surface area contributed by atoms with Crippen LogP contribution in [0.3, 0.4) is 0 Å². The molecule has 6 rings (SSSR count). The number of nitrogens with zero attached hydrogens (tertiary/aromatic N) is 5. The quantitative estimate of drug-likeness (QED) is 0.334. The van der Waals surface area contributed by atoms with Crippen molar-refractivity contribution in [2.24, 2.45) is 10.7 Å². The van der Waals surface area contributed by atoms with Crippen molar-refractivity contribution in [3.63, 3.8) is 0 Å². The van der Waals surface area contributed by atoms with Gasteiger partial charge < -0.3 is 16.0 Å². The molecular weight excluding hydrogens is 534 g/mol. The number of likely N-dealkylation sites (tertiary alicyclic amines) is 1. The number of nitrogens with one attached hydrogen (secondary N) is 1. The predicted octanol–water partition coefficient (Wildman–Crippen LogP) is 4.87. The van der Waals surface area contributed by atoms with Crippen molar-refractivity contribution < 1.29 is 9.59 Å². The lowest BCUT2D eigenvalue weighted by molar-refractivity contribution is -0.127. The zero-order chi connectivity index (χ0) is 27.0. The lowest BCUT2D eigenvalue weighted by atomic mass is 9.86. The van der Waals surface area contributed by atoms with Crippen molar-refractivity contribution >= 4 is 68.8 Å². The van der Waals surface area contributed by atoms with Crippen LogP contribution in [0.4, 0.5) is 11.5 Å². The minimum absolute atomic E-state index is 0.357. The summed E-state index contributed by atoms with van der Waals surface area (Å²) in [6.07, 6.45) is 7.76. The highest BCUT2D eigenvalue weighted by Gasteiger charge is 2.50. The van der Waals surface area contributed by atoms with Crippen LogP contribution in [-0.2, 0) is 15.1 Å². The number of amides is 2. The molecule has 1 atom stereocenters. The zero-order valence-corrected chi connectivity index (χ0v) is 22.1. The average Bonchev–Trinajstić information content (AvgIpc) is 3.54. The largest absolute Gasteiger partial charge is 0.367 e. The Bertz CT molecular complexity index is 1680. The average molecular weight is 556 g/mol.